The third-order valence-electron chi connectivity index (χ3n) is 7.28. The molecule has 2 saturated heterocycles. The van der Waals surface area contributed by atoms with Crippen LogP contribution in [0.1, 0.15) is 45.1 Å². The van der Waals surface area contributed by atoms with Crippen LogP contribution in [0.25, 0.3) is 0 Å². The normalized spacial score (nSPS) is 26.7. The van der Waals surface area contributed by atoms with Gasteiger partial charge in [-0.3, -0.25) is 0 Å². The van der Waals surface area contributed by atoms with E-state index in [-0.39, 0.29) is 17.1 Å². The molecule has 5 heteroatoms. The first-order chi connectivity index (χ1) is 14.7. The van der Waals surface area contributed by atoms with Crippen LogP contribution in [0.5, 0.6) is 0 Å². The Balaban J connectivity index is 1.59. The number of fused-ring (bicyclic) bond motifs is 1. The van der Waals surface area contributed by atoms with E-state index in [0.29, 0.717) is 31.7 Å². The summed E-state index contributed by atoms with van der Waals surface area (Å²) < 4.78 is 8.22. The van der Waals surface area contributed by atoms with Gasteiger partial charge in [0.2, 0.25) is 0 Å². The Morgan fingerprint density at radius 3 is 2.19 bits per heavy atom. The maximum absolute atomic E-state index is 13.6. The van der Waals surface area contributed by atoms with Gasteiger partial charge in [0.1, 0.15) is 0 Å². The molecule has 166 valence electrons. The van der Waals surface area contributed by atoms with Crippen LogP contribution in [0, 0.1) is 0 Å². The van der Waals surface area contributed by atoms with E-state index in [1.165, 1.54) is 4.46 Å². The van der Waals surface area contributed by atoms with E-state index in [0.717, 1.165) is 24.9 Å². The van der Waals surface area contributed by atoms with Crippen molar-refractivity contribution in [1.29, 1.82) is 0 Å². The second-order valence-electron chi connectivity index (χ2n) is 10.5. The molecule has 3 nitrogen and oxygen atoms in total. The van der Waals surface area contributed by atoms with Gasteiger partial charge in [0, 0.05) is 0 Å². The number of hydrogen-bond donors (Lipinski definition) is 0. The van der Waals surface area contributed by atoms with E-state index in [4.69, 9.17) is 4.43 Å². The molecule has 31 heavy (non-hydrogen) atoms. The quantitative estimate of drug-likeness (QED) is 0.542. The number of carbonyl (C=O) groups is 1. The van der Waals surface area contributed by atoms with Crippen LogP contribution >= 0.6 is 0 Å². The summed E-state index contributed by atoms with van der Waals surface area (Å²) in [5, 5.41) is 0.181. The minimum absolute atomic E-state index is 0.0281. The number of carbonyl (C=O) groups excluding carboxylic acids is 1. The molecule has 0 aromatic heterocycles. The molecular formula is C26H35NO2SeSi. The van der Waals surface area contributed by atoms with Crippen molar-refractivity contribution in [3.05, 3.63) is 66.2 Å². The fourth-order valence-corrected chi connectivity index (χ4v) is 8.79. The van der Waals surface area contributed by atoms with Gasteiger partial charge in [-0.05, 0) is 0 Å². The van der Waals surface area contributed by atoms with Gasteiger partial charge >= 0.3 is 195 Å². The predicted molar refractivity (Wildman–Crippen MR) is 132 cm³/mol. The Hall–Kier alpha value is -1.39. The Kier molecular flexibility index (Phi) is 6.51. The summed E-state index contributed by atoms with van der Waals surface area (Å²) in [6, 6.07) is 21.5. The number of hydrogen-bond acceptors (Lipinski definition) is 2. The van der Waals surface area contributed by atoms with Gasteiger partial charge in [0.05, 0.1) is 0 Å². The molecule has 0 bridgehead atoms. The van der Waals surface area contributed by atoms with Crippen molar-refractivity contribution in [3.8, 4) is 0 Å². The molecule has 1 amide bonds. The van der Waals surface area contributed by atoms with Crippen LogP contribution in [0.2, 0.25) is 22.9 Å². The first-order valence-corrected chi connectivity index (χ1v) is 16.2. The maximum atomic E-state index is 13.6. The van der Waals surface area contributed by atoms with E-state index in [9.17, 15) is 4.79 Å². The molecule has 2 aliphatic heterocycles. The monoisotopic (exact) mass is 501 g/mol. The molecule has 4 atom stereocenters. The Bertz CT molecular complexity index is 897. The third-order valence-corrected chi connectivity index (χ3v) is 14.7. The molecule has 0 radical (unpaired) electrons. The summed E-state index contributed by atoms with van der Waals surface area (Å²) in [6.07, 6.45) is 2.10. The molecule has 0 spiro atoms. The van der Waals surface area contributed by atoms with Gasteiger partial charge < -0.3 is 0 Å². The average Bonchev–Trinajstić information content (AvgIpc) is 3.14. The van der Waals surface area contributed by atoms with Crippen molar-refractivity contribution in [2.45, 2.75) is 74.6 Å². The Morgan fingerprint density at radius 1 is 0.968 bits per heavy atom. The van der Waals surface area contributed by atoms with E-state index in [2.05, 4.69) is 93.4 Å². The molecule has 0 saturated carbocycles. The van der Waals surface area contributed by atoms with Gasteiger partial charge in [0.15, 0.2) is 0 Å². The number of benzene rings is 2. The van der Waals surface area contributed by atoms with Crippen LogP contribution in [-0.4, -0.2) is 52.8 Å². The molecule has 0 N–H and O–H groups in total. The average molecular weight is 501 g/mol. The van der Waals surface area contributed by atoms with E-state index in [1.807, 2.05) is 6.07 Å². The van der Waals surface area contributed by atoms with Crippen LogP contribution < -0.4 is 4.46 Å². The first-order valence-electron chi connectivity index (χ1n) is 11.4. The zero-order valence-corrected chi connectivity index (χ0v) is 22.1. The van der Waals surface area contributed by atoms with Crippen molar-refractivity contribution >= 4 is 33.6 Å². The first kappa shape index (κ1) is 22.8. The molecule has 0 aliphatic carbocycles. The molecular weight excluding hydrogens is 465 g/mol. The Morgan fingerprint density at radius 2 is 1.58 bits per heavy atom. The summed E-state index contributed by atoms with van der Waals surface area (Å²) in [7, 11) is -1.87. The summed E-state index contributed by atoms with van der Waals surface area (Å²) in [4.78, 5) is 16.3. The van der Waals surface area contributed by atoms with Crippen molar-refractivity contribution < 1.29 is 9.22 Å². The van der Waals surface area contributed by atoms with E-state index in [1.54, 1.807) is 0 Å². The van der Waals surface area contributed by atoms with E-state index < -0.39 is 8.32 Å². The van der Waals surface area contributed by atoms with Crippen LogP contribution in [0.4, 0.5) is 0 Å². The summed E-state index contributed by atoms with van der Waals surface area (Å²) in [5.41, 5.74) is 1.16. The zero-order chi connectivity index (χ0) is 22.2. The van der Waals surface area contributed by atoms with Gasteiger partial charge in [0.25, 0.3) is 0 Å². The van der Waals surface area contributed by atoms with Gasteiger partial charge in [-0.25, -0.2) is 0 Å². The standard InChI is InChI=1S/C26H35NO2SeSi/c1-26(2,3)31(4,5)29-20-16-23-24(30-21-14-10-7-11-15-21)17-22(25(28)27(23)18-20)19-12-8-6-9-13-19/h6-15,20,22-24H,16-18H2,1-5H3/t20-,22+,23+,24-/m1/s1. The molecule has 2 fully saturated rings. The number of rotatable bonds is 5. The molecule has 0 unspecified atom stereocenters. The summed E-state index contributed by atoms with van der Waals surface area (Å²) in [5.74, 6) is 0.275. The van der Waals surface area contributed by atoms with Crippen molar-refractivity contribution in [2.24, 2.45) is 0 Å². The molecule has 4 rings (SSSR count). The molecule has 2 heterocycles. The van der Waals surface area contributed by atoms with Crippen molar-refractivity contribution in [3.63, 3.8) is 0 Å². The van der Waals surface area contributed by atoms with Crippen molar-refractivity contribution in [2.75, 3.05) is 6.54 Å². The summed E-state index contributed by atoms with van der Waals surface area (Å²) in [6.45, 7) is 12.3. The molecule has 2 aromatic rings. The van der Waals surface area contributed by atoms with Crippen molar-refractivity contribution in [1.82, 2.24) is 4.90 Å². The van der Waals surface area contributed by atoms with Crippen LogP contribution in [0.15, 0.2) is 60.7 Å². The minimum atomic E-state index is -1.87. The van der Waals surface area contributed by atoms with E-state index >= 15 is 0 Å². The topological polar surface area (TPSA) is 29.5 Å². The van der Waals surface area contributed by atoms with Gasteiger partial charge in [-0.2, -0.15) is 0 Å². The fourth-order valence-electron chi connectivity index (χ4n) is 4.57. The number of piperidine rings is 1. The number of amides is 1. The van der Waals surface area contributed by atoms with Gasteiger partial charge in [-0.1, -0.05) is 0 Å². The third kappa shape index (κ3) is 4.85. The fraction of sp³-hybridized carbons (Fsp3) is 0.500. The SMILES string of the molecule is CC(C)(C)[Si](C)(C)O[C@@H]1C[C@H]2[C@H]([Se]c3ccccc3)C[C@@H](c3ccccc3)C(=O)N2C1. The second kappa shape index (κ2) is 8.86. The molecule has 2 aromatic carbocycles. The summed E-state index contributed by atoms with van der Waals surface area (Å²) >= 11 is 0.337. The predicted octanol–water partition coefficient (Wildman–Crippen LogP) is 4.98. The zero-order valence-electron chi connectivity index (χ0n) is 19.4. The second-order valence-corrected chi connectivity index (χ2v) is 18.0. The Labute approximate surface area is 194 Å². The van der Waals surface area contributed by atoms with Crippen LogP contribution in [-0.2, 0) is 9.22 Å². The van der Waals surface area contributed by atoms with Crippen LogP contribution in [0.3, 0.4) is 0 Å². The molecule has 2 aliphatic rings. The number of nitrogens with zero attached hydrogens (tertiary/aromatic N) is 1. The van der Waals surface area contributed by atoms with Gasteiger partial charge in [-0.15, -0.1) is 0 Å².